The Morgan fingerprint density at radius 2 is 1.84 bits per heavy atom. The van der Waals surface area contributed by atoms with Gasteiger partial charge in [0.1, 0.15) is 11.3 Å². The zero-order chi connectivity index (χ0) is 22.9. The number of carbonyl (C=O) groups is 1. The van der Waals surface area contributed by atoms with Crippen LogP contribution in [0.25, 0.3) is 11.0 Å². The van der Waals surface area contributed by atoms with Crippen molar-refractivity contribution >= 4 is 23.1 Å². The number of hydrazone groups is 1. The molecule has 0 radical (unpaired) electrons. The molecule has 3 rings (SSSR count). The second-order valence-corrected chi connectivity index (χ2v) is 6.81. The number of benzene rings is 2. The molecular formula is C25H28N2O5. The summed E-state index contributed by atoms with van der Waals surface area (Å²) in [6.45, 7) is 11.2. The molecule has 0 aliphatic heterocycles. The fraction of sp³-hybridized carbons (Fsp3) is 0.280. The second kappa shape index (κ2) is 11.0. The van der Waals surface area contributed by atoms with Gasteiger partial charge >= 0.3 is 5.91 Å². The van der Waals surface area contributed by atoms with Crippen molar-refractivity contribution in [1.82, 2.24) is 5.43 Å². The van der Waals surface area contributed by atoms with E-state index in [-0.39, 0.29) is 5.76 Å². The molecule has 1 aromatic heterocycles. The summed E-state index contributed by atoms with van der Waals surface area (Å²) in [5.74, 6) is 1.77. The summed E-state index contributed by atoms with van der Waals surface area (Å²) >= 11 is 0. The van der Waals surface area contributed by atoms with Crippen LogP contribution in [-0.4, -0.2) is 31.9 Å². The molecule has 32 heavy (non-hydrogen) atoms. The van der Waals surface area contributed by atoms with Gasteiger partial charge in [0.15, 0.2) is 17.3 Å². The summed E-state index contributed by atoms with van der Waals surface area (Å²) < 4.78 is 22.6. The molecule has 1 N–H and O–H groups in total. The average Bonchev–Trinajstić information content (AvgIpc) is 3.20. The van der Waals surface area contributed by atoms with Gasteiger partial charge in [-0.1, -0.05) is 6.08 Å². The van der Waals surface area contributed by atoms with Crippen LogP contribution in [0.1, 0.15) is 42.5 Å². The molecule has 0 atom stereocenters. The monoisotopic (exact) mass is 436 g/mol. The van der Waals surface area contributed by atoms with E-state index >= 15 is 0 Å². The second-order valence-electron chi connectivity index (χ2n) is 6.81. The van der Waals surface area contributed by atoms with E-state index in [4.69, 9.17) is 18.6 Å². The third-order valence-electron chi connectivity index (χ3n) is 4.51. The quantitative estimate of drug-likeness (QED) is 0.256. The van der Waals surface area contributed by atoms with Crippen molar-refractivity contribution < 1.29 is 23.4 Å². The van der Waals surface area contributed by atoms with E-state index in [0.717, 1.165) is 22.3 Å². The molecular weight excluding hydrogens is 408 g/mol. The van der Waals surface area contributed by atoms with Crippen LogP contribution in [0.3, 0.4) is 0 Å². The first-order valence-electron chi connectivity index (χ1n) is 10.6. The van der Waals surface area contributed by atoms with Gasteiger partial charge in [-0.3, -0.25) is 4.79 Å². The van der Waals surface area contributed by atoms with Crippen molar-refractivity contribution in [3.63, 3.8) is 0 Å². The number of ether oxygens (including phenoxy) is 3. The van der Waals surface area contributed by atoms with Crippen LogP contribution in [-0.2, 0) is 6.42 Å². The topological polar surface area (TPSA) is 82.3 Å². The van der Waals surface area contributed by atoms with Gasteiger partial charge in [-0.05, 0) is 69.2 Å². The normalized spacial score (nSPS) is 11.0. The molecule has 168 valence electrons. The highest BCUT2D eigenvalue weighted by Gasteiger charge is 2.14. The van der Waals surface area contributed by atoms with Crippen molar-refractivity contribution in [2.24, 2.45) is 5.10 Å². The maximum atomic E-state index is 12.5. The number of hydrogen-bond acceptors (Lipinski definition) is 6. The maximum Gasteiger partial charge on any atom is 0.307 e. The van der Waals surface area contributed by atoms with E-state index in [1.165, 1.54) is 0 Å². The highest BCUT2D eigenvalue weighted by Crippen LogP contribution is 2.33. The molecule has 1 heterocycles. The van der Waals surface area contributed by atoms with Gasteiger partial charge in [0.25, 0.3) is 0 Å². The Labute approximate surface area is 187 Å². The zero-order valence-corrected chi connectivity index (χ0v) is 18.6. The summed E-state index contributed by atoms with van der Waals surface area (Å²) in [7, 11) is 0. The number of amides is 1. The van der Waals surface area contributed by atoms with Crippen molar-refractivity contribution in [2.45, 2.75) is 27.2 Å². The van der Waals surface area contributed by atoms with Crippen molar-refractivity contribution in [3.05, 3.63) is 65.9 Å². The predicted molar refractivity (Wildman–Crippen MR) is 125 cm³/mol. The van der Waals surface area contributed by atoms with Gasteiger partial charge < -0.3 is 18.6 Å². The number of furan rings is 1. The smallest absolute Gasteiger partial charge is 0.307 e. The third-order valence-corrected chi connectivity index (χ3v) is 4.51. The Hall–Kier alpha value is -3.74. The van der Waals surface area contributed by atoms with E-state index in [1.54, 1.807) is 30.5 Å². The van der Waals surface area contributed by atoms with Crippen LogP contribution < -0.4 is 19.6 Å². The number of allylic oxidation sites excluding steroid dienone is 1. The van der Waals surface area contributed by atoms with Crippen LogP contribution in [0.5, 0.6) is 17.2 Å². The highest BCUT2D eigenvalue weighted by molar-refractivity contribution is 5.96. The van der Waals surface area contributed by atoms with Gasteiger partial charge in [0, 0.05) is 10.9 Å². The van der Waals surface area contributed by atoms with Gasteiger partial charge in [-0.25, -0.2) is 5.43 Å². The van der Waals surface area contributed by atoms with Crippen LogP contribution in [0.4, 0.5) is 0 Å². The van der Waals surface area contributed by atoms with Gasteiger partial charge in [-0.15, -0.1) is 6.58 Å². The minimum Gasteiger partial charge on any atom is -0.494 e. The number of nitrogens with zero attached hydrogens (tertiary/aromatic N) is 1. The molecule has 0 saturated carbocycles. The van der Waals surface area contributed by atoms with Crippen LogP contribution >= 0.6 is 0 Å². The molecule has 0 unspecified atom stereocenters. The van der Waals surface area contributed by atoms with Gasteiger partial charge in [-0.2, -0.15) is 5.10 Å². The van der Waals surface area contributed by atoms with Gasteiger partial charge in [0.05, 0.1) is 26.0 Å². The Morgan fingerprint density at radius 1 is 1.06 bits per heavy atom. The number of fused-ring (bicyclic) bond motifs is 1. The molecule has 7 nitrogen and oxygen atoms in total. The fourth-order valence-corrected chi connectivity index (χ4v) is 3.25. The highest BCUT2D eigenvalue weighted by atomic mass is 16.5. The molecule has 3 aromatic rings. The lowest BCUT2D eigenvalue weighted by Crippen LogP contribution is -2.16. The van der Waals surface area contributed by atoms with Crippen molar-refractivity contribution in [1.29, 1.82) is 0 Å². The molecule has 1 amide bonds. The first kappa shape index (κ1) is 22.9. The largest absolute Gasteiger partial charge is 0.494 e. The minimum absolute atomic E-state index is 0.167. The molecule has 7 heteroatoms. The first-order chi connectivity index (χ1) is 15.6. The number of rotatable bonds is 11. The molecule has 0 aliphatic rings. The Kier molecular flexibility index (Phi) is 7.91. The van der Waals surface area contributed by atoms with Crippen LogP contribution in [0.2, 0.25) is 0 Å². The summed E-state index contributed by atoms with van der Waals surface area (Å²) in [4.78, 5) is 12.5. The predicted octanol–water partition coefficient (Wildman–Crippen LogP) is 5.12. The van der Waals surface area contributed by atoms with E-state index in [9.17, 15) is 4.79 Å². The van der Waals surface area contributed by atoms with E-state index in [0.29, 0.717) is 43.3 Å². The summed E-state index contributed by atoms with van der Waals surface area (Å²) in [5.41, 5.74) is 4.80. The van der Waals surface area contributed by atoms with E-state index in [1.807, 2.05) is 39.0 Å². The SMILES string of the molecule is C=CCc1cc(/C=N/NC(=O)c2cc3cc(OCC)ccc3o2)cc(OCC)c1OCC. The molecule has 0 aliphatic carbocycles. The van der Waals surface area contributed by atoms with E-state index in [2.05, 4.69) is 17.1 Å². The standard InChI is InChI=1S/C25H28N2O5/c1-5-9-18-12-17(13-22(30-7-3)24(18)31-8-4)16-26-27-25(28)23-15-19-14-20(29-6-2)10-11-21(19)32-23/h5,10-16H,1,6-9H2,2-4H3,(H,27,28)/b26-16+. The minimum atomic E-state index is -0.447. The zero-order valence-electron chi connectivity index (χ0n) is 18.6. The Morgan fingerprint density at radius 3 is 2.56 bits per heavy atom. The fourth-order valence-electron chi connectivity index (χ4n) is 3.25. The first-order valence-corrected chi connectivity index (χ1v) is 10.6. The molecule has 2 aromatic carbocycles. The van der Waals surface area contributed by atoms with Crippen molar-refractivity contribution in [3.8, 4) is 17.2 Å². The van der Waals surface area contributed by atoms with Crippen molar-refractivity contribution in [2.75, 3.05) is 19.8 Å². The average molecular weight is 437 g/mol. The Bertz CT molecular complexity index is 1120. The third kappa shape index (κ3) is 5.49. The molecule has 0 spiro atoms. The summed E-state index contributed by atoms with van der Waals surface area (Å²) in [5, 5.41) is 4.87. The van der Waals surface area contributed by atoms with Crippen LogP contribution in [0.15, 0.2) is 58.6 Å². The lowest BCUT2D eigenvalue weighted by Gasteiger charge is -2.15. The molecule has 0 fully saturated rings. The number of carbonyl (C=O) groups excluding carboxylic acids is 1. The Balaban J connectivity index is 1.77. The molecule has 0 bridgehead atoms. The number of hydrogen-bond donors (Lipinski definition) is 1. The van der Waals surface area contributed by atoms with Gasteiger partial charge in [0.2, 0.25) is 0 Å². The number of nitrogens with one attached hydrogen (secondary N) is 1. The maximum absolute atomic E-state index is 12.5. The lowest BCUT2D eigenvalue weighted by molar-refractivity contribution is 0.0929. The van der Waals surface area contributed by atoms with Crippen LogP contribution in [0, 0.1) is 0 Å². The lowest BCUT2D eigenvalue weighted by atomic mass is 10.1. The van der Waals surface area contributed by atoms with E-state index < -0.39 is 5.91 Å². The summed E-state index contributed by atoms with van der Waals surface area (Å²) in [6, 6.07) is 10.8. The summed E-state index contributed by atoms with van der Waals surface area (Å²) in [6.07, 6.45) is 3.97. The molecule has 0 saturated heterocycles.